The van der Waals surface area contributed by atoms with Gasteiger partial charge in [-0.2, -0.15) is 0 Å². The molecule has 2 aliphatic rings. The zero-order chi connectivity index (χ0) is 8.55. The van der Waals surface area contributed by atoms with E-state index in [1.807, 2.05) is 0 Å². The van der Waals surface area contributed by atoms with Gasteiger partial charge in [-0.3, -0.25) is 0 Å². The third-order valence-electron chi connectivity index (χ3n) is 3.81. The minimum absolute atomic E-state index is 0.437. The van der Waals surface area contributed by atoms with Gasteiger partial charge in [-0.05, 0) is 49.4 Å². The van der Waals surface area contributed by atoms with Gasteiger partial charge in [0.25, 0.3) is 0 Å². The van der Waals surface area contributed by atoms with Crippen LogP contribution in [0.5, 0.6) is 0 Å². The Hall–Kier alpha value is -0.0400. The summed E-state index contributed by atoms with van der Waals surface area (Å²) in [6.45, 7) is 2.74. The molecule has 2 rings (SSSR count). The van der Waals surface area contributed by atoms with Gasteiger partial charge in [0.05, 0.1) is 0 Å². The molecule has 0 amide bonds. The van der Waals surface area contributed by atoms with E-state index in [0.717, 1.165) is 17.8 Å². The van der Waals surface area contributed by atoms with Crippen LogP contribution in [0.4, 0.5) is 0 Å². The average Bonchev–Trinajstić information content (AvgIpc) is 2.97. The molecule has 0 bridgehead atoms. The predicted molar refractivity (Wildman–Crippen MR) is 49.8 cm³/mol. The van der Waals surface area contributed by atoms with E-state index in [1.165, 1.54) is 32.1 Å². The minimum Gasteiger partial charge on any atom is -0.396 e. The van der Waals surface area contributed by atoms with E-state index in [9.17, 15) is 0 Å². The predicted octanol–water partition coefficient (Wildman–Crippen LogP) is 2.44. The maximum absolute atomic E-state index is 8.86. The fraction of sp³-hybridized carbons (Fsp3) is 1.00. The Balaban J connectivity index is 1.54. The monoisotopic (exact) mass is 168 g/mol. The molecule has 4 unspecified atom stereocenters. The van der Waals surface area contributed by atoms with Crippen molar-refractivity contribution in [1.29, 1.82) is 0 Å². The first-order valence-corrected chi connectivity index (χ1v) is 5.46. The fourth-order valence-corrected chi connectivity index (χ4v) is 2.48. The van der Waals surface area contributed by atoms with E-state index in [0.29, 0.717) is 12.5 Å². The van der Waals surface area contributed by atoms with Gasteiger partial charge < -0.3 is 5.11 Å². The highest BCUT2D eigenvalue weighted by Crippen LogP contribution is 2.49. The van der Waals surface area contributed by atoms with E-state index in [4.69, 9.17) is 5.11 Å². The SMILES string of the molecule is CCC1CC1CCC1CC1CO. The number of aliphatic hydroxyl groups is 1. The highest BCUT2D eigenvalue weighted by Gasteiger charge is 2.40. The van der Waals surface area contributed by atoms with Gasteiger partial charge in [-0.25, -0.2) is 0 Å². The highest BCUT2D eigenvalue weighted by molar-refractivity contribution is 4.90. The van der Waals surface area contributed by atoms with Crippen molar-refractivity contribution in [2.45, 2.75) is 39.0 Å². The van der Waals surface area contributed by atoms with Gasteiger partial charge in [0, 0.05) is 6.61 Å². The van der Waals surface area contributed by atoms with Crippen LogP contribution in [0.15, 0.2) is 0 Å². The van der Waals surface area contributed by atoms with Crippen molar-refractivity contribution in [1.82, 2.24) is 0 Å². The average molecular weight is 168 g/mol. The molecule has 70 valence electrons. The van der Waals surface area contributed by atoms with E-state index >= 15 is 0 Å². The third-order valence-corrected chi connectivity index (χ3v) is 3.81. The molecule has 1 nitrogen and oxygen atoms in total. The van der Waals surface area contributed by atoms with Crippen LogP contribution in [-0.2, 0) is 0 Å². The minimum atomic E-state index is 0.437. The quantitative estimate of drug-likeness (QED) is 0.668. The van der Waals surface area contributed by atoms with Crippen LogP contribution in [-0.4, -0.2) is 11.7 Å². The fourth-order valence-electron chi connectivity index (χ4n) is 2.48. The summed E-state index contributed by atoms with van der Waals surface area (Å²) in [5.74, 6) is 3.71. The van der Waals surface area contributed by atoms with Crippen molar-refractivity contribution in [3.05, 3.63) is 0 Å². The summed E-state index contributed by atoms with van der Waals surface area (Å²) < 4.78 is 0. The lowest BCUT2D eigenvalue weighted by Gasteiger charge is -1.97. The summed E-state index contributed by atoms with van der Waals surface area (Å²) in [7, 11) is 0. The van der Waals surface area contributed by atoms with Crippen molar-refractivity contribution in [2.75, 3.05) is 6.61 Å². The first-order chi connectivity index (χ1) is 5.85. The zero-order valence-electron chi connectivity index (χ0n) is 8.00. The number of rotatable bonds is 5. The molecule has 0 aromatic carbocycles. The van der Waals surface area contributed by atoms with E-state index < -0.39 is 0 Å². The van der Waals surface area contributed by atoms with E-state index in [-0.39, 0.29) is 0 Å². The van der Waals surface area contributed by atoms with Crippen LogP contribution in [0.3, 0.4) is 0 Å². The number of aliphatic hydroxyl groups excluding tert-OH is 1. The summed E-state index contributed by atoms with van der Waals surface area (Å²) in [6, 6.07) is 0. The van der Waals surface area contributed by atoms with Crippen molar-refractivity contribution < 1.29 is 5.11 Å². The summed E-state index contributed by atoms with van der Waals surface area (Å²) in [5, 5.41) is 8.86. The van der Waals surface area contributed by atoms with Crippen molar-refractivity contribution in [2.24, 2.45) is 23.7 Å². The lowest BCUT2D eigenvalue weighted by atomic mass is 10.1. The first-order valence-electron chi connectivity index (χ1n) is 5.46. The lowest BCUT2D eigenvalue weighted by molar-refractivity contribution is 0.266. The standard InChI is InChI=1S/C11H20O/c1-2-8-5-9(8)3-4-10-6-11(10)7-12/h8-12H,2-7H2,1H3. The molecule has 2 aliphatic carbocycles. The third kappa shape index (κ3) is 1.82. The number of hydrogen-bond donors (Lipinski definition) is 1. The molecular weight excluding hydrogens is 148 g/mol. The Kier molecular flexibility index (Phi) is 2.40. The normalized spacial score (nSPS) is 44.5. The molecule has 0 radical (unpaired) electrons. The molecule has 0 saturated heterocycles. The van der Waals surface area contributed by atoms with Crippen molar-refractivity contribution in [3.63, 3.8) is 0 Å². The van der Waals surface area contributed by atoms with E-state index in [2.05, 4.69) is 6.92 Å². The van der Waals surface area contributed by atoms with Gasteiger partial charge >= 0.3 is 0 Å². The Morgan fingerprint density at radius 1 is 1.00 bits per heavy atom. The van der Waals surface area contributed by atoms with Crippen LogP contribution >= 0.6 is 0 Å². The second-order valence-corrected chi connectivity index (χ2v) is 4.68. The van der Waals surface area contributed by atoms with Gasteiger partial charge in [0.1, 0.15) is 0 Å². The second-order valence-electron chi connectivity index (χ2n) is 4.68. The van der Waals surface area contributed by atoms with Crippen molar-refractivity contribution >= 4 is 0 Å². The summed E-state index contributed by atoms with van der Waals surface area (Å²) in [4.78, 5) is 0. The molecular formula is C11H20O. The lowest BCUT2D eigenvalue weighted by Crippen LogP contribution is -1.90. The maximum Gasteiger partial charge on any atom is 0.0462 e. The highest BCUT2D eigenvalue weighted by atomic mass is 16.3. The number of hydrogen-bond acceptors (Lipinski definition) is 1. The van der Waals surface area contributed by atoms with Crippen molar-refractivity contribution in [3.8, 4) is 0 Å². The molecule has 0 aromatic heterocycles. The maximum atomic E-state index is 8.86. The van der Waals surface area contributed by atoms with Gasteiger partial charge in [0.2, 0.25) is 0 Å². The second kappa shape index (κ2) is 3.37. The molecule has 0 aliphatic heterocycles. The Morgan fingerprint density at radius 2 is 1.58 bits per heavy atom. The topological polar surface area (TPSA) is 20.2 Å². The molecule has 1 heteroatoms. The summed E-state index contributed by atoms with van der Waals surface area (Å²) >= 11 is 0. The van der Waals surface area contributed by atoms with E-state index in [1.54, 1.807) is 0 Å². The first kappa shape index (κ1) is 8.55. The molecule has 1 N–H and O–H groups in total. The van der Waals surface area contributed by atoms with Crippen LogP contribution in [0.1, 0.15) is 39.0 Å². The largest absolute Gasteiger partial charge is 0.396 e. The smallest absolute Gasteiger partial charge is 0.0462 e. The zero-order valence-corrected chi connectivity index (χ0v) is 8.00. The van der Waals surface area contributed by atoms with Gasteiger partial charge in [0.15, 0.2) is 0 Å². The van der Waals surface area contributed by atoms with Crippen LogP contribution in [0.25, 0.3) is 0 Å². The van der Waals surface area contributed by atoms with Crippen LogP contribution in [0, 0.1) is 23.7 Å². The molecule has 0 aromatic rings. The Bertz CT molecular complexity index is 137. The Labute approximate surface area is 75.2 Å². The molecule has 0 heterocycles. The molecule has 2 fully saturated rings. The summed E-state index contributed by atoms with van der Waals surface area (Å²) in [6.07, 6.45) is 7.03. The van der Waals surface area contributed by atoms with Gasteiger partial charge in [-0.15, -0.1) is 0 Å². The molecule has 4 atom stereocenters. The van der Waals surface area contributed by atoms with Gasteiger partial charge in [-0.1, -0.05) is 13.3 Å². The molecule has 0 spiro atoms. The van der Waals surface area contributed by atoms with Crippen LogP contribution in [0.2, 0.25) is 0 Å². The summed E-state index contributed by atoms with van der Waals surface area (Å²) in [5.41, 5.74) is 0. The van der Waals surface area contributed by atoms with Crippen LogP contribution < -0.4 is 0 Å². The molecule has 12 heavy (non-hydrogen) atoms. The Morgan fingerprint density at radius 3 is 2.00 bits per heavy atom. The molecule has 2 saturated carbocycles.